The highest BCUT2D eigenvalue weighted by molar-refractivity contribution is 5.95. The molecule has 192 valence electrons. The minimum Gasteiger partial charge on any atom is -0.481 e. The van der Waals surface area contributed by atoms with Crippen LogP contribution in [0.5, 0.6) is 0 Å². The summed E-state index contributed by atoms with van der Waals surface area (Å²) in [5.41, 5.74) is 15.8. The molecule has 34 heavy (non-hydrogen) atoms. The summed E-state index contributed by atoms with van der Waals surface area (Å²) in [6, 6.07) is -5.61. The fraction of sp³-hybridized carbons (Fsp3) is 0.632. The highest BCUT2D eigenvalue weighted by atomic mass is 16.4. The molecular formula is C19H32N6O9. The van der Waals surface area contributed by atoms with Crippen molar-refractivity contribution in [2.75, 3.05) is 0 Å². The minimum absolute atomic E-state index is 0.246. The van der Waals surface area contributed by atoms with Crippen LogP contribution in [-0.4, -0.2) is 75.9 Å². The van der Waals surface area contributed by atoms with Crippen LogP contribution >= 0.6 is 0 Å². The molecule has 0 aromatic heterocycles. The number of carbonyl (C=O) groups is 7. The Morgan fingerprint density at radius 3 is 1.53 bits per heavy atom. The monoisotopic (exact) mass is 488 g/mol. The fourth-order valence-corrected chi connectivity index (χ4v) is 2.61. The molecule has 0 spiro atoms. The molecule has 0 heterocycles. The van der Waals surface area contributed by atoms with Gasteiger partial charge in [0.1, 0.15) is 18.1 Å². The summed E-state index contributed by atoms with van der Waals surface area (Å²) in [7, 11) is 0. The van der Waals surface area contributed by atoms with Gasteiger partial charge in [-0.1, -0.05) is 13.8 Å². The molecule has 0 bridgehead atoms. The molecule has 4 atom stereocenters. The van der Waals surface area contributed by atoms with Crippen LogP contribution in [0.4, 0.5) is 0 Å². The largest absolute Gasteiger partial charge is 0.481 e. The van der Waals surface area contributed by atoms with E-state index >= 15 is 0 Å². The number of amides is 5. The third-order valence-corrected chi connectivity index (χ3v) is 4.63. The van der Waals surface area contributed by atoms with E-state index in [0.29, 0.717) is 0 Å². The molecule has 0 aliphatic carbocycles. The van der Waals surface area contributed by atoms with Crippen LogP contribution in [0, 0.1) is 5.92 Å². The normalized spacial score (nSPS) is 14.2. The first kappa shape index (κ1) is 30.2. The molecular weight excluding hydrogens is 456 g/mol. The fourth-order valence-electron chi connectivity index (χ4n) is 2.61. The second-order valence-corrected chi connectivity index (χ2v) is 7.90. The Morgan fingerprint density at radius 2 is 1.15 bits per heavy atom. The molecule has 0 saturated heterocycles. The van der Waals surface area contributed by atoms with Crippen LogP contribution in [0.3, 0.4) is 0 Å². The Balaban J connectivity index is 5.66. The van der Waals surface area contributed by atoms with Gasteiger partial charge in [0, 0.05) is 12.8 Å². The Morgan fingerprint density at radius 1 is 0.706 bits per heavy atom. The highest BCUT2D eigenvalue weighted by Crippen LogP contribution is 2.06. The molecule has 4 unspecified atom stereocenters. The number of nitrogens with one attached hydrogen (secondary N) is 3. The summed E-state index contributed by atoms with van der Waals surface area (Å²) in [6.07, 6.45) is -2.32. The van der Waals surface area contributed by atoms with E-state index in [-0.39, 0.29) is 18.8 Å². The van der Waals surface area contributed by atoms with Gasteiger partial charge in [-0.05, 0) is 18.8 Å². The van der Waals surface area contributed by atoms with Gasteiger partial charge in [0.2, 0.25) is 29.5 Å². The summed E-state index contributed by atoms with van der Waals surface area (Å²) >= 11 is 0. The SMILES string of the molecule is CC(C)C(N)C(=O)NC(CCC(N)=O)C(=O)NC(CCC(=O)O)C(=O)NC(CC(N)=O)C(=O)O. The number of nitrogens with two attached hydrogens (primary N) is 3. The van der Waals surface area contributed by atoms with E-state index in [9.17, 15) is 33.6 Å². The maximum absolute atomic E-state index is 12.8. The van der Waals surface area contributed by atoms with Gasteiger partial charge >= 0.3 is 11.9 Å². The molecule has 15 nitrogen and oxygen atoms in total. The molecule has 11 N–H and O–H groups in total. The summed E-state index contributed by atoms with van der Waals surface area (Å²) in [6.45, 7) is 3.33. The van der Waals surface area contributed by atoms with Crippen molar-refractivity contribution in [3.8, 4) is 0 Å². The summed E-state index contributed by atoms with van der Waals surface area (Å²) < 4.78 is 0. The lowest BCUT2D eigenvalue weighted by Gasteiger charge is -2.25. The number of hydrogen-bond donors (Lipinski definition) is 8. The molecule has 0 aromatic rings. The van der Waals surface area contributed by atoms with Crippen molar-refractivity contribution in [2.24, 2.45) is 23.1 Å². The zero-order valence-electron chi connectivity index (χ0n) is 18.9. The molecule has 0 rings (SSSR count). The highest BCUT2D eigenvalue weighted by Gasteiger charge is 2.31. The van der Waals surface area contributed by atoms with Crippen molar-refractivity contribution in [3.63, 3.8) is 0 Å². The van der Waals surface area contributed by atoms with Gasteiger partial charge in [-0.3, -0.25) is 28.8 Å². The standard InChI is InChI=1S/C19H32N6O9/c1-8(2)15(22)18(32)24-9(3-5-12(20)26)16(30)23-10(4-6-14(28)29)17(31)25-11(19(33)34)7-13(21)27/h8-11,15H,3-7,22H2,1-2H3,(H2,20,26)(H2,21,27)(H,23,30)(H,24,32)(H,25,31)(H,28,29)(H,33,34). The van der Waals surface area contributed by atoms with Crippen LogP contribution < -0.4 is 33.2 Å². The number of primary amides is 2. The smallest absolute Gasteiger partial charge is 0.326 e. The number of carbonyl (C=O) groups excluding carboxylic acids is 5. The maximum Gasteiger partial charge on any atom is 0.326 e. The van der Waals surface area contributed by atoms with Crippen molar-refractivity contribution < 1.29 is 43.8 Å². The van der Waals surface area contributed by atoms with Crippen molar-refractivity contribution in [1.29, 1.82) is 0 Å². The van der Waals surface area contributed by atoms with E-state index in [2.05, 4.69) is 10.6 Å². The van der Waals surface area contributed by atoms with Crippen molar-refractivity contribution in [2.45, 2.75) is 70.1 Å². The number of carboxylic acid groups (broad SMARTS) is 2. The second-order valence-electron chi connectivity index (χ2n) is 7.90. The van der Waals surface area contributed by atoms with Crippen molar-refractivity contribution in [1.82, 2.24) is 16.0 Å². The lowest BCUT2D eigenvalue weighted by molar-refractivity contribution is -0.144. The van der Waals surface area contributed by atoms with Gasteiger partial charge < -0.3 is 43.4 Å². The summed E-state index contributed by atoms with van der Waals surface area (Å²) in [4.78, 5) is 82.1. The van der Waals surface area contributed by atoms with E-state index < -0.39 is 84.9 Å². The third-order valence-electron chi connectivity index (χ3n) is 4.63. The number of hydrogen-bond acceptors (Lipinski definition) is 8. The van der Waals surface area contributed by atoms with Gasteiger partial charge in [-0.15, -0.1) is 0 Å². The first-order chi connectivity index (χ1) is 15.6. The lowest BCUT2D eigenvalue weighted by atomic mass is 10.0. The third kappa shape index (κ3) is 11.8. The predicted molar refractivity (Wildman–Crippen MR) is 115 cm³/mol. The Labute approximate surface area is 195 Å². The second kappa shape index (κ2) is 14.4. The molecule has 0 aromatic carbocycles. The minimum atomic E-state index is -1.72. The van der Waals surface area contributed by atoms with Gasteiger partial charge in [-0.2, -0.15) is 0 Å². The summed E-state index contributed by atoms with van der Waals surface area (Å²) in [5, 5.41) is 24.7. The van der Waals surface area contributed by atoms with Crippen molar-refractivity contribution >= 4 is 41.5 Å². The summed E-state index contributed by atoms with van der Waals surface area (Å²) in [5.74, 6) is -7.72. The van der Waals surface area contributed by atoms with Gasteiger partial charge in [0.15, 0.2) is 0 Å². The molecule has 0 saturated carbocycles. The zero-order valence-corrected chi connectivity index (χ0v) is 18.9. The quantitative estimate of drug-likeness (QED) is 0.106. The maximum atomic E-state index is 12.8. The van der Waals surface area contributed by atoms with Crippen LogP contribution in [0.2, 0.25) is 0 Å². The first-order valence-electron chi connectivity index (χ1n) is 10.3. The van der Waals surface area contributed by atoms with Crippen molar-refractivity contribution in [3.05, 3.63) is 0 Å². The van der Waals surface area contributed by atoms with E-state index in [4.69, 9.17) is 27.4 Å². The number of carboxylic acids is 2. The van der Waals surface area contributed by atoms with Crippen LogP contribution in [0.15, 0.2) is 0 Å². The molecule has 0 aliphatic heterocycles. The van der Waals surface area contributed by atoms with Crippen LogP contribution in [0.1, 0.15) is 46.0 Å². The lowest BCUT2D eigenvalue weighted by Crippen LogP contribution is -2.57. The molecule has 0 aliphatic rings. The Bertz CT molecular complexity index is 801. The topological polar surface area (TPSA) is 274 Å². The van der Waals surface area contributed by atoms with Crippen LogP contribution in [0.25, 0.3) is 0 Å². The van der Waals surface area contributed by atoms with Gasteiger partial charge in [-0.25, -0.2) is 4.79 Å². The van der Waals surface area contributed by atoms with E-state index in [1.54, 1.807) is 13.8 Å². The first-order valence-corrected chi connectivity index (χ1v) is 10.3. The van der Waals surface area contributed by atoms with E-state index in [1.165, 1.54) is 0 Å². The predicted octanol–water partition coefficient (Wildman–Crippen LogP) is -3.49. The molecule has 0 fully saturated rings. The molecule has 0 radical (unpaired) electrons. The van der Waals surface area contributed by atoms with Gasteiger partial charge in [0.25, 0.3) is 0 Å². The average Bonchev–Trinajstić information content (AvgIpc) is 2.71. The molecule has 5 amide bonds. The molecule has 15 heteroatoms. The Kier molecular flexibility index (Phi) is 12.8. The van der Waals surface area contributed by atoms with Crippen LogP contribution in [-0.2, 0) is 33.6 Å². The van der Waals surface area contributed by atoms with E-state index in [1.807, 2.05) is 5.32 Å². The Hall–Kier alpha value is -3.75. The number of aliphatic carboxylic acids is 2. The average molecular weight is 488 g/mol. The zero-order chi connectivity index (χ0) is 26.6. The number of rotatable bonds is 16. The van der Waals surface area contributed by atoms with Gasteiger partial charge in [0.05, 0.1) is 12.5 Å². The van der Waals surface area contributed by atoms with E-state index in [0.717, 1.165) is 0 Å².